The third-order valence-corrected chi connectivity index (χ3v) is 11.8. The van der Waals surface area contributed by atoms with E-state index in [9.17, 15) is 0 Å². The number of benzene rings is 5. The van der Waals surface area contributed by atoms with Gasteiger partial charge in [0.1, 0.15) is 0 Å². The van der Waals surface area contributed by atoms with Crippen LogP contribution in [0.3, 0.4) is 0 Å². The summed E-state index contributed by atoms with van der Waals surface area (Å²) in [6.07, 6.45) is 1.09. The Balaban J connectivity index is 1.87. The zero-order chi connectivity index (χ0) is 22.5. The summed E-state index contributed by atoms with van der Waals surface area (Å²) in [5.41, 5.74) is 5.26. The van der Waals surface area contributed by atoms with Crippen molar-refractivity contribution in [2.75, 3.05) is 6.16 Å². The van der Waals surface area contributed by atoms with E-state index in [1.54, 1.807) is 0 Å². The second-order valence-electron chi connectivity index (χ2n) is 8.45. The van der Waals surface area contributed by atoms with Crippen molar-refractivity contribution in [3.63, 3.8) is 0 Å². The van der Waals surface area contributed by atoms with E-state index in [-0.39, 0.29) is 0 Å². The molecular formula is C32H29P. The fourth-order valence-electron chi connectivity index (χ4n) is 5.21. The van der Waals surface area contributed by atoms with Gasteiger partial charge in [0.25, 0.3) is 0 Å². The number of hydrogen-bond donors (Lipinski definition) is 0. The van der Waals surface area contributed by atoms with Gasteiger partial charge < -0.3 is 0 Å². The van der Waals surface area contributed by atoms with Crippen molar-refractivity contribution in [2.45, 2.75) is 6.92 Å². The van der Waals surface area contributed by atoms with Crippen LogP contribution in [0, 0.1) is 0 Å². The van der Waals surface area contributed by atoms with Crippen LogP contribution in [0.2, 0.25) is 0 Å². The maximum absolute atomic E-state index is 2.38. The summed E-state index contributed by atoms with van der Waals surface area (Å²) < 4.78 is 0. The molecule has 5 aromatic rings. The van der Waals surface area contributed by atoms with Gasteiger partial charge >= 0.3 is 198 Å². The van der Waals surface area contributed by atoms with E-state index in [1.165, 1.54) is 38.2 Å². The van der Waals surface area contributed by atoms with Crippen molar-refractivity contribution in [1.29, 1.82) is 0 Å². The molecule has 0 N–H and O–H groups in total. The molecule has 0 atom stereocenters. The van der Waals surface area contributed by atoms with Gasteiger partial charge in [0.05, 0.1) is 0 Å². The topological polar surface area (TPSA) is 0 Å². The van der Waals surface area contributed by atoms with Crippen LogP contribution in [0.1, 0.15) is 6.92 Å². The first kappa shape index (κ1) is 21.4. The van der Waals surface area contributed by atoms with E-state index in [4.69, 9.17) is 0 Å². The van der Waals surface area contributed by atoms with Crippen molar-refractivity contribution >= 4 is 23.2 Å². The molecule has 0 heterocycles. The van der Waals surface area contributed by atoms with Crippen LogP contribution >= 0.6 is 7.26 Å². The molecule has 5 rings (SSSR count). The Kier molecular flexibility index (Phi) is 6.20. The molecule has 0 bridgehead atoms. The minimum atomic E-state index is -2.35. The van der Waals surface area contributed by atoms with Crippen molar-refractivity contribution in [1.82, 2.24) is 0 Å². The third-order valence-electron chi connectivity index (χ3n) is 6.74. The van der Waals surface area contributed by atoms with Crippen LogP contribution in [0.5, 0.6) is 0 Å². The molecule has 0 nitrogen and oxygen atoms in total. The molecule has 162 valence electrons. The first-order valence-electron chi connectivity index (χ1n) is 11.7. The van der Waals surface area contributed by atoms with Gasteiger partial charge in [0.2, 0.25) is 0 Å². The molecule has 0 spiro atoms. The maximum atomic E-state index is 2.38. The standard InChI is InChI=1S/C32H29P/c1-2-33(28-20-10-5-11-21-28,31-24-14-12-22-29(31)26-16-6-3-7-17-26)32-25-15-13-23-30(32)27-18-8-4-9-19-27/h3-25,33H,2H2,1H3. The fraction of sp³-hybridized carbons (Fsp3) is 0.0625. The van der Waals surface area contributed by atoms with Crippen molar-refractivity contribution in [3.8, 4) is 22.3 Å². The summed E-state index contributed by atoms with van der Waals surface area (Å²) in [6, 6.07) is 51.1. The van der Waals surface area contributed by atoms with E-state index in [1.807, 2.05) is 0 Å². The number of hydrogen-bond acceptors (Lipinski definition) is 0. The predicted octanol–water partition coefficient (Wildman–Crippen LogP) is 7.07. The van der Waals surface area contributed by atoms with E-state index in [0.717, 1.165) is 6.16 Å². The molecule has 0 aromatic heterocycles. The van der Waals surface area contributed by atoms with E-state index >= 15 is 0 Å². The second-order valence-corrected chi connectivity index (χ2v) is 12.6. The van der Waals surface area contributed by atoms with Crippen LogP contribution < -0.4 is 15.9 Å². The molecular weight excluding hydrogens is 415 g/mol. The van der Waals surface area contributed by atoms with Crippen LogP contribution in [0.15, 0.2) is 140 Å². The Labute approximate surface area is 197 Å². The summed E-state index contributed by atoms with van der Waals surface area (Å²) in [7, 11) is -2.35. The first-order chi connectivity index (χ1) is 16.3. The Hall–Kier alpha value is -3.47. The molecule has 0 aliphatic carbocycles. The van der Waals surface area contributed by atoms with Crippen molar-refractivity contribution in [3.05, 3.63) is 140 Å². The quantitative estimate of drug-likeness (QED) is 0.246. The van der Waals surface area contributed by atoms with Gasteiger partial charge in [-0.25, -0.2) is 0 Å². The van der Waals surface area contributed by atoms with Crippen LogP contribution in [-0.4, -0.2) is 6.16 Å². The van der Waals surface area contributed by atoms with Gasteiger partial charge in [-0.15, -0.1) is 0 Å². The summed E-state index contributed by atoms with van der Waals surface area (Å²) in [5.74, 6) is 0. The van der Waals surface area contributed by atoms with Gasteiger partial charge in [-0.2, -0.15) is 0 Å². The molecule has 0 aliphatic heterocycles. The molecule has 0 saturated heterocycles. The van der Waals surface area contributed by atoms with Crippen LogP contribution in [0.25, 0.3) is 22.3 Å². The molecule has 0 saturated carbocycles. The summed E-state index contributed by atoms with van der Waals surface area (Å²) in [6.45, 7) is 2.38. The molecule has 0 aliphatic rings. The van der Waals surface area contributed by atoms with Crippen molar-refractivity contribution < 1.29 is 0 Å². The molecule has 0 unspecified atom stereocenters. The van der Waals surface area contributed by atoms with Gasteiger partial charge in [0.15, 0.2) is 0 Å². The summed E-state index contributed by atoms with van der Waals surface area (Å²) in [4.78, 5) is 0. The Morgan fingerprint density at radius 1 is 0.424 bits per heavy atom. The SMILES string of the molecule is CC[PH](c1ccccc1)(c1ccccc1-c1ccccc1)c1ccccc1-c1ccccc1. The van der Waals surface area contributed by atoms with Gasteiger partial charge in [-0.05, 0) is 0 Å². The molecule has 0 radical (unpaired) electrons. The molecule has 0 fully saturated rings. The first-order valence-corrected chi connectivity index (χ1v) is 13.9. The van der Waals surface area contributed by atoms with Gasteiger partial charge in [-0.3, -0.25) is 0 Å². The van der Waals surface area contributed by atoms with Gasteiger partial charge in [0, 0.05) is 0 Å². The zero-order valence-corrected chi connectivity index (χ0v) is 20.0. The van der Waals surface area contributed by atoms with Crippen LogP contribution in [-0.2, 0) is 0 Å². The second kappa shape index (κ2) is 9.57. The monoisotopic (exact) mass is 444 g/mol. The molecule has 1 heteroatoms. The van der Waals surface area contributed by atoms with Gasteiger partial charge in [-0.1, -0.05) is 0 Å². The van der Waals surface area contributed by atoms with Crippen molar-refractivity contribution in [2.24, 2.45) is 0 Å². The molecule has 5 aromatic carbocycles. The predicted molar refractivity (Wildman–Crippen MR) is 148 cm³/mol. The third kappa shape index (κ3) is 3.92. The average molecular weight is 445 g/mol. The summed E-state index contributed by atoms with van der Waals surface area (Å²) >= 11 is 0. The van der Waals surface area contributed by atoms with E-state index in [2.05, 4.69) is 146 Å². The van der Waals surface area contributed by atoms with E-state index in [0.29, 0.717) is 0 Å². The Bertz CT molecular complexity index is 1240. The zero-order valence-electron chi connectivity index (χ0n) is 19.0. The Morgan fingerprint density at radius 3 is 1.21 bits per heavy atom. The minimum absolute atomic E-state index is 1.09. The van der Waals surface area contributed by atoms with Crippen LogP contribution in [0.4, 0.5) is 0 Å². The van der Waals surface area contributed by atoms with E-state index < -0.39 is 7.26 Å². The number of rotatable bonds is 6. The Morgan fingerprint density at radius 2 is 0.788 bits per heavy atom. The molecule has 0 amide bonds. The fourth-order valence-corrected chi connectivity index (χ4v) is 10.2. The normalized spacial score (nSPS) is 11.8. The summed E-state index contributed by atoms with van der Waals surface area (Å²) in [5, 5.41) is 4.42. The molecule has 33 heavy (non-hydrogen) atoms. The average Bonchev–Trinajstić information content (AvgIpc) is 2.92.